The van der Waals surface area contributed by atoms with Gasteiger partial charge in [-0.15, -0.1) is 11.3 Å². The monoisotopic (exact) mass is 275 g/mol. The quantitative estimate of drug-likeness (QED) is 0.492. The molecule has 96 valence electrons. The molecule has 0 amide bonds. The SMILES string of the molecule is c1ccc(-c2[nH]c3ccccc3c2-c2cccs2)cc1. The number of hydrogen-bond acceptors (Lipinski definition) is 1. The maximum atomic E-state index is 3.58. The second-order valence-corrected chi connectivity index (χ2v) is 5.71. The Morgan fingerprint density at radius 3 is 2.35 bits per heavy atom. The van der Waals surface area contributed by atoms with Crippen molar-refractivity contribution in [3.63, 3.8) is 0 Å². The highest BCUT2D eigenvalue weighted by molar-refractivity contribution is 7.13. The minimum atomic E-state index is 1.19. The van der Waals surface area contributed by atoms with Crippen LogP contribution in [0.2, 0.25) is 0 Å². The maximum Gasteiger partial charge on any atom is 0.0552 e. The van der Waals surface area contributed by atoms with Gasteiger partial charge in [-0.05, 0) is 23.1 Å². The summed E-state index contributed by atoms with van der Waals surface area (Å²) in [7, 11) is 0. The molecule has 0 aliphatic carbocycles. The third kappa shape index (κ3) is 1.77. The smallest absolute Gasteiger partial charge is 0.0552 e. The average molecular weight is 275 g/mol. The number of thiophene rings is 1. The second kappa shape index (κ2) is 4.66. The van der Waals surface area contributed by atoms with Crippen molar-refractivity contribution in [2.24, 2.45) is 0 Å². The number of H-pyrrole nitrogens is 1. The van der Waals surface area contributed by atoms with Crippen LogP contribution >= 0.6 is 11.3 Å². The van der Waals surface area contributed by atoms with Gasteiger partial charge < -0.3 is 4.98 Å². The first-order valence-electron chi connectivity index (χ1n) is 6.63. The number of aromatic amines is 1. The van der Waals surface area contributed by atoms with Gasteiger partial charge in [0.25, 0.3) is 0 Å². The summed E-state index contributed by atoms with van der Waals surface area (Å²) in [6, 6.07) is 23.3. The molecule has 0 atom stereocenters. The molecule has 2 heterocycles. The number of benzene rings is 2. The van der Waals surface area contributed by atoms with Gasteiger partial charge in [0.15, 0.2) is 0 Å². The normalized spacial score (nSPS) is 11.0. The molecule has 4 rings (SSSR count). The first-order chi connectivity index (χ1) is 9.93. The molecule has 0 radical (unpaired) electrons. The van der Waals surface area contributed by atoms with Crippen molar-refractivity contribution in [3.05, 3.63) is 72.1 Å². The van der Waals surface area contributed by atoms with E-state index in [9.17, 15) is 0 Å². The van der Waals surface area contributed by atoms with Crippen molar-refractivity contribution in [2.75, 3.05) is 0 Å². The number of nitrogens with one attached hydrogen (secondary N) is 1. The summed E-state index contributed by atoms with van der Waals surface area (Å²) >= 11 is 1.78. The van der Waals surface area contributed by atoms with Crippen molar-refractivity contribution in [1.29, 1.82) is 0 Å². The highest BCUT2D eigenvalue weighted by Crippen LogP contribution is 2.39. The average Bonchev–Trinajstić information content (AvgIpc) is 3.14. The van der Waals surface area contributed by atoms with Crippen LogP contribution in [0, 0.1) is 0 Å². The summed E-state index contributed by atoms with van der Waals surface area (Å²) in [5.74, 6) is 0. The summed E-state index contributed by atoms with van der Waals surface area (Å²) in [5.41, 5.74) is 4.93. The lowest BCUT2D eigenvalue weighted by Gasteiger charge is -2.03. The third-order valence-electron chi connectivity index (χ3n) is 3.54. The van der Waals surface area contributed by atoms with E-state index in [4.69, 9.17) is 0 Å². The Labute approximate surface area is 121 Å². The predicted octanol–water partition coefficient (Wildman–Crippen LogP) is 5.56. The molecule has 0 bridgehead atoms. The summed E-state index contributed by atoms with van der Waals surface area (Å²) < 4.78 is 0. The van der Waals surface area contributed by atoms with Crippen LogP contribution in [-0.2, 0) is 0 Å². The van der Waals surface area contributed by atoms with Gasteiger partial charge in [0.1, 0.15) is 0 Å². The molecule has 0 aliphatic rings. The standard InChI is InChI=1S/C18H13NS/c1-2-7-13(8-3-1)18-17(16-11-6-12-20-16)14-9-4-5-10-15(14)19-18/h1-12,19H. The molecule has 1 N–H and O–H groups in total. The van der Waals surface area contributed by atoms with E-state index in [1.807, 2.05) is 0 Å². The zero-order valence-corrected chi connectivity index (χ0v) is 11.7. The molecule has 0 aliphatic heterocycles. The number of fused-ring (bicyclic) bond motifs is 1. The highest BCUT2D eigenvalue weighted by atomic mass is 32.1. The Morgan fingerprint density at radius 1 is 0.750 bits per heavy atom. The van der Waals surface area contributed by atoms with Gasteiger partial charge in [-0.3, -0.25) is 0 Å². The van der Waals surface area contributed by atoms with Gasteiger partial charge in [0.2, 0.25) is 0 Å². The van der Waals surface area contributed by atoms with Gasteiger partial charge in [0, 0.05) is 21.3 Å². The highest BCUT2D eigenvalue weighted by Gasteiger charge is 2.14. The summed E-state index contributed by atoms with van der Waals surface area (Å²) in [5, 5.41) is 3.42. The first-order valence-corrected chi connectivity index (χ1v) is 7.51. The Morgan fingerprint density at radius 2 is 1.55 bits per heavy atom. The Balaban J connectivity index is 2.08. The second-order valence-electron chi connectivity index (χ2n) is 4.76. The molecule has 2 aromatic heterocycles. The van der Waals surface area contributed by atoms with Crippen molar-refractivity contribution in [1.82, 2.24) is 4.98 Å². The Kier molecular flexibility index (Phi) is 2.68. The van der Waals surface area contributed by atoms with Crippen LogP contribution in [0.1, 0.15) is 0 Å². The number of para-hydroxylation sites is 1. The van der Waals surface area contributed by atoms with E-state index in [2.05, 4.69) is 77.1 Å². The van der Waals surface area contributed by atoms with Crippen LogP contribution < -0.4 is 0 Å². The maximum absolute atomic E-state index is 3.58. The lowest BCUT2D eigenvalue weighted by molar-refractivity contribution is 1.45. The Hall–Kier alpha value is -2.32. The van der Waals surface area contributed by atoms with Gasteiger partial charge in [0.05, 0.1) is 5.69 Å². The number of aromatic nitrogens is 1. The zero-order valence-electron chi connectivity index (χ0n) is 10.8. The van der Waals surface area contributed by atoms with E-state index in [1.54, 1.807) is 11.3 Å². The van der Waals surface area contributed by atoms with Crippen LogP contribution in [0.15, 0.2) is 72.1 Å². The largest absolute Gasteiger partial charge is 0.354 e. The van der Waals surface area contributed by atoms with Crippen molar-refractivity contribution in [3.8, 4) is 21.7 Å². The lowest BCUT2D eigenvalue weighted by atomic mass is 10.0. The minimum absolute atomic E-state index is 1.19. The van der Waals surface area contributed by atoms with Crippen LogP contribution in [0.25, 0.3) is 32.6 Å². The minimum Gasteiger partial charge on any atom is -0.354 e. The van der Waals surface area contributed by atoms with Crippen LogP contribution in [-0.4, -0.2) is 4.98 Å². The van der Waals surface area contributed by atoms with E-state index < -0.39 is 0 Å². The van der Waals surface area contributed by atoms with Gasteiger partial charge in [-0.2, -0.15) is 0 Å². The summed E-state index contributed by atoms with van der Waals surface area (Å²) in [4.78, 5) is 4.88. The molecular formula is C18H13NS. The first kappa shape index (κ1) is 11.5. The fourth-order valence-electron chi connectivity index (χ4n) is 2.64. The Bertz CT molecular complexity index is 842. The molecule has 1 nitrogen and oxygen atoms in total. The molecule has 20 heavy (non-hydrogen) atoms. The molecular weight excluding hydrogens is 262 g/mol. The molecule has 0 spiro atoms. The fraction of sp³-hybridized carbons (Fsp3) is 0. The molecule has 0 saturated heterocycles. The van der Waals surface area contributed by atoms with Gasteiger partial charge >= 0.3 is 0 Å². The zero-order chi connectivity index (χ0) is 13.4. The molecule has 0 fully saturated rings. The van der Waals surface area contributed by atoms with E-state index in [-0.39, 0.29) is 0 Å². The number of rotatable bonds is 2. The van der Waals surface area contributed by atoms with Crippen molar-refractivity contribution >= 4 is 22.2 Å². The van der Waals surface area contributed by atoms with Crippen LogP contribution in [0.3, 0.4) is 0 Å². The number of hydrogen-bond donors (Lipinski definition) is 1. The molecule has 2 aromatic carbocycles. The molecule has 0 unspecified atom stereocenters. The van der Waals surface area contributed by atoms with E-state index in [1.165, 1.54) is 32.6 Å². The topological polar surface area (TPSA) is 15.8 Å². The molecule has 4 aromatic rings. The molecule has 2 heteroatoms. The van der Waals surface area contributed by atoms with E-state index >= 15 is 0 Å². The molecule has 0 saturated carbocycles. The summed E-state index contributed by atoms with van der Waals surface area (Å²) in [6.45, 7) is 0. The van der Waals surface area contributed by atoms with Crippen molar-refractivity contribution < 1.29 is 0 Å². The summed E-state index contributed by atoms with van der Waals surface area (Å²) in [6.07, 6.45) is 0. The van der Waals surface area contributed by atoms with Gasteiger partial charge in [-0.25, -0.2) is 0 Å². The van der Waals surface area contributed by atoms with E-state index in [0.29, 0.717) is 0 Å². The van der Waals surface area contributed by atoms with E-state index in [0.717, 1.165) is 0 Å². The predicted molar refractivity (Wildman–Crippen MR) is 87.0 cm³/mol. The van der Waals surface area contributed by atoms with Crippen LogP contribution in [0.5, 0.6) is 0 Å². The van der Waals surface area contributed by atoms with Gasteiger partial charge in [-0.1, -0.05) is 54.6 Å². The van der Waals surface area contributed by atoms with Crippen LogP contribution in [0.4, 0.5) is 0 Å². The van der Waals surface area contributed by atoms with Crippen molar-refractivity contribution in [2.45, 2.75) is 0 Å². The lowest BCUT2D eigenvalue weighted by Crippen LogP contribution is -1.79. The third-order valence-corrected chi connectivity index (χ3v) is 4.42. The fourth-order valence-corrected chi connectivity index (χ4v) is 3.43.